The van der Waals surface area contributed by atoms with Gasteiger partial charge < -0.3 is 15.7 Å². The molecule has 0 unspecified atom stereocenters. The van der Waals surface area contributed by atoms with Gasteiger partial charge >= 0.3 is 0 Å². The molecule has 0 fully saturated rings. The number of aryl methyl sites for hydroxylation is 3. The Morgan fingerprint density at radius 2 is 1.34 bits per heavy atom. The fourth-order valence-corrected chi connectivity index (χ4v) is 4.63. The van der Waals surface area contributed by atoms with Gasteiger partial charge in [-0.2, -0.15) is 0 Å². The summed E-state index contributed by atoms with van der Waals surface area (Å²) in [6.45, 7) is 16.3. The van der Waals surface area contributed by atoms with Gasteiger partial charge in [-0.05, 0) is 64.5 Å². The lowest BCUT2D eigenvalue weighted by Crippen LogP contribution is -2.37. The zero-order valence-corrected chi connectivity index (χ0v) is 24.0. The van der Waals surface area contributed by atoms with Crippen LogP contribution >= 0.6 is 0 Å². The van der Waals surface area contributed by atoms with Gasteiger partial charge in [0, 0.05) is 12.1 Å². The largest absolute Gasteiger partial charge is 0.507 e. The maximum absolute atomic E-state index is 13.4. The Morgan fingerprint density at radius 1 is 0.816 bits per heavy atom. The van der Waals surface area contributed by atoms with E-state index < -0.39 is 6.04 Å². The predicted molar refractivity (Wildman–Crippen MR) is 156 cm³/mol. The van der Waals surface area contributed by atoms with Crippen LogP contribution < -0.4 is 10.6 Å². The molecule has 2 amide bonds. The lowest BCUT2D eigenvalue weighted by Gasteiger charge is -2.28. The average molecular weight is 515 g/mol. The first-order chi connectivity index (χ1) is 17.7. The van der Waals surface area contributed by atoms with E-state index in [0.717, 1.165) is 39.1 Å². The minimum atomic E-state index is -0.821. The molecule has 3 aromatic rings. The predicted octanol–water partition coefficient (Wildman–Crippen LogP) is 7.03. The monoisotopic (exact) mass is 514 g/mol. The van der Waals surface area contributed by atoms with Gasteiger partial charge in [-0.15, -0.1) is 0 Å². The van der Waals surface area contributed by atoms with E-state index >= 15 is 0 Å². The number of rotatable bonds is 7. The molecule has 0 bridgehead atoms. The zero-order valence-electron chi connectivity index (χ0n) is 24.0. The number of aromatic hydroxyl groups is 1. The fourth-order valence-electron chi connectivity index (χ4n) is 4.63. The lowest BCUT2D eigenvalue weighted by molar-refractivity contribution is -0.126. The number of phenolic OH excluding ortho intramolecular Hbond substituents is 1. The minimum absolute atomic E-state index is 0.210. The van der Waals surface area contributed by atoms with Crippen molar-refractivity contribution in [3.05, 3.63) is 94.0 Å². The van der Waals surface area contributed by atoms with Gasteiger partial charge in [0.25, 0.3) is 5.91 Å². The van der Waals surface area contributed by atoms with Crippen LogP contribution in [-0.4, -0.2) is 16.9 Å². The molecule has 0 saturated heterocycles. The standard InChI is InChI=1S/C33H42N2O3/c1-21-13-12-14-22(2)28(21)35-31(38)29(24-15-10-9-11-16-24)34-27(36)18-17-23-19-25(32(3,4)5)30(37)26(20-23)33(6,7)8/h9-16,19-20,29,37H,17-18H2,1-8H3,(H,34,36)(H,35,38)/t29-/m1/s1. The van der Waals surface area contributed by atoms with E-state index in [-0.39, 0.29) is 29.1 Å². The number of nitrogens with one attached hydrogen (secondary N) is 2. The van der Waals surface area contributed by atoms with Crippen LogP contribution in [-0.2, 0) is 26.8 Å². The summed E-state index contributed by atoms with van der Waals surface area (Å²) in [6.07, 6.45) is 0.719. The first-order valence-corrected chi connectivity index (χ1v) is 13.3. The third kappa shape index (κ3) is 7.03. The van der Waals surface area contributed by atoms with Crippen molar-refractivity contribution in [3.8, 4) is 5.75 Å². The van der Waals surface area contributed by atoms with Gasteiger partial charge in [0.15, 0.2) is 0 Å². The highest BCUT2D eigenvalue weighted by atomic mass is 16.3. The second kappa shape index (κ2) is 11.4. The van der Waals surface area contributed by atoms with Gasteiger partial charge in [-0.25, -0.2) is 0 Å². The van der Waals surface area contributed by atoms with Crippen LogP contribution in [0.1, 0.15) is 87.4 Å². The van der Waals surface area contributed by atoms with E-state index in [9.17, 15) is 14.7 Å². The highest BCUT2D eigenvalue weighted by Crippen LogP contribution is 2.40. The molecule has 3 aromatic carbocycles. The van der Waals surface area contributed by atoms with Crippen molar-refractivity contribution in [2.24, 2.45) is 0 Å². The SMILES string of the molecule is Cc1cccc(C)c1NC(=O)[C@H](NC(=O)CCc1cc(C(C)(C)C)c(O)c(C(C)(C)C)c1)c1ccccc1. The van der Waals surface area contributed by atoms with Gasteiger partial charge in [-0.1, -0.05) is 102 Å². The molecule has 3 rings (SSSR count). The van der Waals surface area contributed by atoms with Crippen LogP contribution in [0.5, 0.6) is 5.75 Å². The van der Waals surface area contributed by atoms with Crippen molar-refractivity contribution in [2.45, 2.75) is 85.1 Å². The quantitative estimate of drug-likeness (QED) is 0.317. The number of para-hydroxylation sites is 1. The van der Waals surface area contributed by atoms with E-state index in [1.807, 2.05) is 74.5 Å². The van der Waals surface area contributed by atoms with Crippen molar-refractivity contribution in [2.75, 3.05) is 5.32 Å². The highest BCUT2D eigenvalue weighted by Gasteiger charge is 2.27. The highest BCUT2D eigenvalue weighted by molar-refractivity contribution is 5.99. The summed E-state index contributed by atoms with van der Waals surface area (Å²) in [4.78, 5) is 26.6. The summed E-state index contributed by atoms with van der Waals surface area (Å²) in [5, 5.41) is 17.0. The molecule has 0 saturated carbocycles. The summed E-state index contributed by atoms with van der Waals surface area (Å²) in [6, 6.07) is 18.3. The third-order valence-corrected chi connectivity index (χ3v) is 6.86. The number of benzene rings is 3. The molecule has 1 atom stereocenters. The molecule has 0 aliphatic carbocycles. The van der Waals surface area contributed by atoms with Crippen molar-refractivity contribution in [3.63, 3.8) is 0 Å². The Labute approximate surface area is 227 Å². The number of carbonyl (C=O) groups is 2. The first-order valence-electron chi connectivity index (χ1n) is 13.3. The maximum Gasteiger partial charge on any atom is 0.251 e. The molecule has 202 valence electrons. The molecule has 0 heterocycles. The van der Waals surface area contributed by atoms with Gasteiger partial charge in [0.2, 0.25) is 5.91 Å². The van der Waals surface area contributed by atoms with Crippen LogP contribution in [0.4, 0.5) is 5.69 Å². The average Bonchev–Trinajstić information content (AvgIpc) is 2.83. The van der Waals surface area contributed by atoms with Crippen molar-refractivity contribution < 1.29 is 14.7 Å². The van der Waals surface area contributed by atoms with E-state index in [2.05, 4.69) is 52.2 Å². The van der Waals surface area contributed by atoms with Crippen LogP contribution in [0.25, 0.3) is 0 Å². The normalized spacial score (nSPS) is 12.6. The minimum Gasteiger partial charge on any atom is -0.507 e. The number of amides is 2. The summed E-state index contributed by atoms with van der Waals surface area (Å²) in [5.41, 5.74) is 5.66. The molecule has 0 aliphatic rings. The zero-order chi connectivity index (χ0) is 28.3. The summed E-state index contributed by atoms with van der Waals surface area (Å²) in [5.74, 6) is -0.166. The van der Waals surface area contributed by atoms with Crippen LogP contribution in [0, 0.1) is 13.8 Å². The molecular weight excluding hydrogens is 472 g/mol. The van der Waals surface area contributed by atoms with Crippen LogP contribution in [0.2, 0.25) is 0 Å². The van der Waals surface area contributed by atoms with Crippen molar-refractivity contribution in [1.29, 1.82) is 0 Å². The maximum atomic E-state index is 13.4. The molecule has 0 aliphatic heterocycles. The molecule has 38 heavy (non-hydrogen) atoms. The number of hydrogen-bond acceptors (Lipinski definition) is 3. The Hall–Kier alpha value is -3.60. The molecular formula is C33H42N2O3. The Bertz CT molecular complexity index is 1240. The molecule has 5 nitrogen and oxygen atoms in total. The van der Waals surface area contributed by atoms with Crippen molar-refractivity contribution >= 4 is 17.5 Å². The second-order valence-corrected chi connectivity index (χ2v) is 12.2. The van der Waals surface area contributed by atoms with E-state index in [0.29, 0.717) is 12.2 Å². The third-order valence-electron chi connectivity index (χ3n) is 6.86. The molecule has 0 radical (unpaired) electrons. The van der Waals surface area contributed by atoms with Crippen LogP contribution in [0.15, 0.2) is 60.7 Å². The smallest absolute Gasteiger partial charge is 0.251 e. The summed E-state index contributed by atoms with van der Waals surface area (Å²) >= 11 is 0. The number of carbonyl (C=O) groups excluding carboxylic acids is 2. The molecule has 5 heteroatoms. The number of phenols is 1. The topological polar surface area (TPSA) is 78.4 Å². The van der Waals surface area contributed by atoms with Gasteiger partial charge in [0.1, 0.15) is 11.8 Å². The first kappa shape index (κ1) is 29.0. The summed E-state index contributed by atoms with van der Waals surface area (Å²) < 4.78 is 0. The molecule has 3 N–H and O–H groups in total. The second-order valence-electron chi connectivity index (χ2n) is 12.2. The van der Waals surface area contributed by atoms with E-state index in [1.165, 1.54) is 0 Å². The summed E-state index contributed by atoms with van der Waals surface area (Å²) in [7, 11) is 0. The lowest BCUT2D eigenvalue weighted by atomic mass is 9.78. The van der Waals surface area contributed by atoms with Gasteiger partial charge in [-0.3, -0.25) is 9.59 Å². The van der Waals surface area contributed by atoms with E-state index in [1.54, 1.807) is 0 Å². The molecule has 0 spiro atoms. The number of hydrogen-bond donors (Lipinski definition) is 3. The Kier molecular flexibility index (Phi) is 8.71. The van der Waals surface area contributed by atoms with E-state index in [4.69, 9.17) is 0 Å². The fraction of sp³-hybridized carbons (Fsp3) is 0.394. The number of anilines is 1. The Morgan fingerprint density at radius 3 is 1.84 bits per heavy atom. The van der Waals surface area contributed by atoms with Crippen LogP contribution in [0.3, 0.4) is 0 Å². The van der Waals surface area contributed by atoms with Gasteiger partial charge in [0.05, 0.1) is 0 Å². The Balaban J connectivity index is 1.83. The molecule has 0 aromatic heterocycles. The van der Waals surface area contributed by atoms with Crippen molar-refractivity contribution in [1.82, 2.24) is 5.32 Å².